The fraction of sp³-hybridized carbons (Fsp3) is 0.0556. The van der Waals surface area contributed by atoms with Gasteiger partial charge in [0.15, 0.2) is 0 Å². The van der Waals surface area contributed by atoms with E-state index in [9.17, 15) is 0 Å². The summed E-state index contributed by atoms with van der Waals surface area (Å²) in [5.74, 6) is 0. The molecular weight excluding hydrogens is 294 g/mol. The van der Waals surface area contributed by atoms with Crippen molar-refractivity contribution in [1.29, 1.82) is 0 Å². The maximum Gasteiger partial charge on any atom is 0.0860 e. The summed E-state index contributed by atoms with van der Waals surface area (Å²) in [5.41, 5.74) is 1.24. The van der Waals surface area contributed by atoms with E-state index in [1.54, 1.807) is 0 Å². The molecule has 3 heteroatoms. The normalized spacial score (nSPS) is 10.7. The van der Waals surface area contributed by atoms with Crippen molar-refractivity contribution in [2.45, 2.75) is 14.4 Å². The van der Waals surface area contributed by atoms with Crippen LogP contribution in [-0.2, 0) is 0 Å². The second-order valence-electron chi connectivity index (χ2n) is 4.48. The van der Waals surface area contributed by atoms with Gasteiger partial charge in [0.25, 0.3) is 0 Å². The highest BCUT2D eigenvalue weighted by atomic mass is 32.2. The third kappa shape index (κ3) is 4.13. The molecule has 3 rings (SSSR count). The van der Waals surface area contributed by atoms with Gasteiger partial charge in [-0.15, -0.1) is 23.5 Å². The highest BCUT2D eigenvalue weighted by Crippen LogP contribution is 2.46. The molecule has 3 aromatic rings. The average Bonchev–Trinajstić information content (AvgIpc) is 2.57. The maximum atomic E-state index is 4.26. The average molecular weight is 309 g/mol. The molecule has 0 fully saturated rings. The van der Waals surface area contributed by atoms with E-state index < -0.39 is 0 Å². The Hall–Kier alpha value is -1.71. The Bertz CT molecular complexity index is 615. The molecule has 0 unspecified atom stereocenters. The number of hydrogen-bond acceptors (Lipinski definition) is 3. The zero-order valence-corrected chi connectivity index (χ0v) is 13.1. The number of nitrogens with zero attached hydrogens (tertiary/aromatic N) is 1. The van der Waals surface area contributed by atoms with Crippen molar-refractivity contribution in [2.75, 3.05) is 0 Å². The molecule has 0 N–H and O–H groups in total. The Morgan fingerprint density at radius 1 is 0.667 bits per heavy atom. The smallest absolute Gasteiger partial charge is 0.0860 e. The molecule has 0 spiro atoms. The van der Waals surface area contributed by atoms with E-state index in [0.717, 1.165) is 0 Å². The Morgan fingerprint density at radius 2 is 1.24 bits per heavy atom. The molecule has 21 heavy (non-hydrogen) atoms. The topological polar surface area (TPSA) is 12.9 Å². The van der Waals surface area contributed by atoms with Crippen LogP contribution in [0.1, 0.15) is 10.1 Å². The summed E-state index contributed by atoms with van der Waals surface area (Å²) in [7, 11) is 0. The Balaban J connectivity index is 1.84. The first kappa shape index (κ1) is 14.2. The van der Waals surface area contributed by atoms with E-state index in [0.29, 0.717) is 4.58 Å². The number of benzene rings is 2. The van der Waals surface area contributed by atoms with E-state index in [2.05, 4.69) is 59.6 Å². The van der Waals surface area contributed by atoms with Gasteiger partial charge in [-0.05, 0) is 35.9 Å². The molecule has 0 aliphatic carbocycles. The highest BCUT2D eigenvalue weighted by Gasteiger charge is 2.15. The van der Waals surface area contributed by atoms with Crippen molar-refractivity contribution in [2.24, 2.45) is 0 Å². The van der Waals surface area contributed by atoms with Gasteiger partial charge in [0.1, 0.15) is 0 Å². The minimum absolute atomic E-state index is 0.295. The van der Waals surface area contributed by atoms with Crippen LogP contribution in [0.25, 0.3) is 0 Å². The monoisotopic (exact) mass is 309 g/mol. The van der Waals surface area contributed by atoms with Gasteiger partial charge in [0, 0.05) is 22.2 Å². The number of hydrogen-bond donors (Lipinski definition) is 0. The molecule has 0 radical (unpaired) electrons. The summed E-state index contributed by atoms with van der Waals surface area (Å²) < 4.78 is 0.295. The van der Waals surface area contributed by atoms with Crippen molar-refractivity contribution in [1.82, 2.24) is 4.98 Å². The molecule has 0 amide bonds. The Labute approximate surface area is 133 Å². The lowest BCUT2D eigenvalue weighted by Crippen LogP contribution is -1.90. The number of thioether (sulfide) groups is 2. The first-order chi connectivity index (χ1) is 10.4. The van der Waals surface area contributed by atoms with Crippen LogP contribution in [0.2, 0.25) is 0 Å². The van der Waals surface area contributed by atoms with Gasteiger partial charge in [-0.1, -0.05) is 42.5 Å². The molecule has 1 aromatic heterocycles. The molecule has 0 atom stereocenters. The second-order valence-corrected chi connectivity index (χ2v) is 7.14. The van der Waals surface area contributed by atoms with Gasteiger partial charge in [0.2, 0.25) is 0 Å². The highest BCUT2D eigenvalue weighted by molar-refractivity contribution is 8.16. The van der Waals surface area contributed by atoms with Crippen LogP contribution >= 0.6 is 23.5 Å². The lowest BCUT2D eigenvalue weighted by molar-refractivity contribution is 1.23. The van der Waals surface area contributed by atoms with E-state index in [-0.39, 0.29) is 0 Å². The van der Waals surface area contributed by atoms with Gasteiger partial charge < -0.3 is 0 Å². The van der Waals surface area contributed by atoms with Crippen molar-refractivity contribution < 1.29 is 0 Å². The quantitative estimate of drug-likeness (QED) is 0.445. The molecule has 1 heterocycles. The third-order valence-corrected chi connectivity index (χ3v) is 5.57. The fourth-order valence-electron chi connectivity index (χ4n) is 1.92. The number of rotatable bonds is 5. The molecule has 104 valence electrons. The van der Waals surface area contributed by atoms with Crippen molar-refractivity contribution >= 4 is 23.5 Å². The fourth-order valence-corrected chi connectivity index (χ4v) is 4.45. The summed E-state index contributed by atoms with van der Waals surface area (Å²) in [6.07, 6.45) is 3.78. The third-order valence-electron chi connectivity index (χ3n) is 2.93. The zero-order valence-electron chi connectivity index (χ0n) is 11.4. The first-order valence-electron chi connectivity index (χ1n) is 6.75. The SMILES string of the molecule is c1ccc(SC(Sc2ccccc2)c2cccnc2)cc1. The Morgan fingerprint density at radius 3 is 1.71 bits per heavy atom. The van der Waals surface area contributed by atoms with Gasteiger partial charge in [-0.25, -0.2) is 0 Å². The molecule has 0 aliphatic rings. The predicted molar refractivity (Wildman–Crippen MR) is 91.6 cm³/mol. The molecule has 2 aromatic carbocycles. The van der Waals surface area contributed by atoms with Crippen LogP contribution in [-0.4, -0.2) is 4.98 Å². The van der Waals surface area contributed by atoms with E-state index in [1.807, 2.05) is 54.1 Å². The second kappa shape index (κ2) is 7.34. The van der Waals surface area contributed by atoms with Crippen LogP contribution in [0.15, 0.2) is 95.0 Å². The standard InChI is InChI=1S/C18H15NS2/c1-3-9-16(10-4-1)20-18(15-8-7-13-19-14-15)21-17-11-5-2-6-12-17/h1-14,18H. The van der Waals surface area contributed by atoms with Gasteiger partial charge >= 0.3 is 0 Å². The minimum Gasteiger partial charge on any atom is -0.264 e. The molecule has 0 saturated heterocycles. The van der Waals surface area contributed by atoms with Crippen LogP contribution in [0.4, 0.5) is 0 Å². The van der Waals surface area contributed by atoms with Gasteiger partial charge in [0.05, 0.1) is 4.58 Å². The largest absolute Gasteiger partial charge is 0.264 e. The summed E-state index contributed by atoms with van der Waals surface area (Å²) in [6, 6.07) is 25.2. The van der Waals surface area contributed by atoms with Crippen LogP contribution in [0.5, 0.6) is 0 Å². The van der Waals surface area contributed by atoms with E-state index >= 15 is 0 Å². The summed E-state index contributed by atoms with van der Waals surface area (Å²) in [5, 5.41) is 0. The molecule has 0 bridgehead atoms. The van der Waals surface area contributed by atoms with Crippen molar-refractivity contribution in [3.8, 4) is 0 Å². The van der Waals surface area contributed by atoms with Crippen LogP contribution < -0.4 is 0 Å². The van der Waals surface area contributed by atoms with E-state index in [1.165, 1.54) is 15.4 Å². The Kier molecular flexibility index (Phi) is 4.98. The minimum atomic E-state index is 0.295. The van der Waals surface area contributed by atoms with Crippen LogP contribution in [0.3, 0.4) is 0 Å². The van der Waals surface area contributed by atoms with Crippen molar-refractivity contribution in [3.63, 3.8) is 0 Å². The summed E-state index contributed by atoms with van der Waals surface area (Å²) in [6.45, 7) is 0. The predicted octanol–water partition coefficient (Wildman–Crippen LogP) is 5.66. The zero-order chi connectivity index (χ0) is 14.3. The molecular formula is C18H15NS2. The molecule has 0 aliphatic heterocycles. The van der Waals surface area contributed by atoms with E-state index in [4.69, 9.17) is 0 Å². The van der Waals surface area contributed by atoms with Gasteiger partial charge in [-0.2, -0.15) is 0 Å². The summed E-state index contributed by atoms with van der Waals surface area (Å²) in [4.78, 5) is 6.81. The van der Waals surface area contributed by atoms with Gasteiger partial charge in [-0.3, -0.25) is 4.98 Å². The lowest BCUT2D eigenvalue weighted by atomic mass is 10.3. The number of aromatic nitrogens is 1. The van der Waals surface area contributed by atoms with Crippen molar-refractivity contribution in [3.05, 3.63) is 90.8 Å². The van der Waals surface area contributed by atoms with Crippen LogP contribution in [0, 0.1) is 0 Å². The lowest BCUT2D eigenvalue weighted by Gasteiger charge is -2.16. The first-order valence-corrected chi connectivity index (χ1v) is 8.51. The summed E-state index contributed by atoms with van der Waals surface area (Å²) >= 11 is 3.72. The number of pyridine rings is 1. The molecule has 1 nitrogen and oxygen atoms in total. The molecule has 0 saturated carbocycles. The maximum absolute atomic E-state index is 4.26.